The second-order valence-electron chi connectivity index (χ2n) is 10.8. The fourth-order valence-corrected chi connectivity index (χ4v) is 16.6. The first-order valence-electron chi connectivity index (χ1n) is 14.7. The SMILES string of the molecule is O=P(c1ccccc1)(c1ccccc1)c1ccc2c(c1)S/C(=C1\Sc3ccc(P(=O)(c4ccccc4)c4ccccc4)cc3S1)S2. The van der Waals surface area contributed by atoms with E-state index in [4.69, 9.17) is 0 Å². The van der Waals surface area contributed by atoms with Crippen molar-refractivity contribution in [2.75, 3.05) is 0 Å². The molecule has 2 aliphatic heterocycles. The third-order valence-electron chi connectivity index (χ3n) is 8.04. The third-order valence-corrected chi connectivity index (χ3v) is 19.8. The molecule has 224 valence electrons. The minimum atomic E-state index is -3.05. The predicted molar refractivity (Wildman–Crippen MR) is 202 cm³/mol. The van der Waals surface area contributed by atoms with Crippen molar-refractivity contribution < 1.29 is 9.13 Å². The topological polar surface area (TPSA) is 34.1 Å². The van der Waals surface area contributed by atoms with E-state index in [1.54, 1.807) is 47.0 Å². The molecule has 8 heteroatoms. The minimum absolute atomic E-state index is 0.840. The molecule has 6 aromatic rings. The van der Waals surface area contributed by atoms with Crippen LogP contribution in [0, 0.1) is 0 Å². The summed E-state index contributed by atoms with van der Waals surface area (Å²) in [7, 11) is -6.10. The lowest BCUT2D eigenvalue weighted by Crippen LogP contribution is -2.25. The van der Waals surface area contributed by atoms with Crippen LogP contribution in [0.25, 0.3) is 0 Å². The first kappa shape index (κ1) is 30.3. The Balaban J connectivity index is 1.12. The van der Waals surface area contributed by atoms with Crippen molar-refractivity contribution in [3.63, 3.8) is 0 Å². The van der Waals surface area contributed by atoms with Crippen LogP contribution in [0.4, 0.5) is 0 Å². The Morgan fingerprint density at radius 3 is 0.891 bits per heavy atom. The normalized spacial score (nSPS) is 15.8. The highest BCUT2D eigenvalue weighted by molar-refractivity contribution is 8.30. The van der Waals surface area contributed by atoms with Crippen LogP contribution < -0.4 is 31.8 Å². The Kier molecular flexibility index (Phi) is 8.23. The molecule has 6 aromatic carbocycles. The Morgan fingerprint density at radius 2 is 0.587 bits per heavy atom. The van der Waals surface area contributed by atoms with Crippen molar-refractivity contribution in [3.8, 4) is 0 Å². The number of fused-ring (bicyclic) bond motifs is 2. The van der Waals surface area contributed by atoms with Gasteiger partial charge in [-0.15, -0.1) is 0 Å². The van der Waals surface area contributed by atoms with Crippen LogP contribution in [0.5, 0.6) is 0 Å². The predicted octanol–water partition coefficient (Wildman–Crippen LogP) is 9.19. The van der Waals surface area contributed by atoms with E-state index < -0.39 is 14.3 Å². The average molecular weight is 705 g/mol. The average Bonchev–Trinajstić information content (AvgIpc) is 3.76. The third kappa shape index (κ3) is 5.30. The van der Waals surface area contributed by atoms with E-state index >= 15 is 0 Å². The lowest BCUT2D eigenvalue weighted by atomic mass is 10.3. The second-order valence-corrected chi connectivity index (χ2v) is 21.1. The van der Waals surface area contributed by atoms with E-state index in [0.29, 0.717) is 0 Å². The monoisotopic (exact) mass is 704 g/mol. The molecule has 2 nitrogen and oxygen atoms in total. The maximum atomic E-state index is 15.0. The summed E-state index contributed by atoms with van der Waals surface area (Å²) < 4.78 is 32.4. The quantitative estimate of drug-likeness (QED) is 0.161. The van der Waals surface area contributed by atoms with Crippen molar-refractivity contribution in [2.24, 2.45) is 0 Å². The molecule has 0 N–H and O–H groups in total. The summed E-state index contributed by atoms with van der Waals surface area (Å²) in [6.45, 7) is 0. The number of rotatable bonds is 6. The summed E-state index contributed by atoms with van der Waals surface area (Å²) in [6.07, 6.45) is 0. The van der Waals surface area contributed by atoms with Gasteiger partial charge in [-0.1, -0.05) is 168 Å². The standard InChI is InChI=1S/C38H26O2P2S4/c39-41(27-13-5-1-6-14-27,28-15-7-2-8-16-28)31-21-23-33-35(25-31)45-37(43-33)38-44-34-24-22-32(26-36(34)46-38)42(40,29-17-9-3-10-18-29)30-19-11-4-12-20-30/h1-26H/b38-37+. The lowest BCUT2D eigenvalue weighted by Gasteiger charge is -2.20. The molecule has 2 heterocycles. The van der Waals surface area contributed by atoms with Gasteiger partial charge in [0.1, 0.15) is 0 Å². The van der Waals surface area contributed by atoms with Crippen LogP contribution in [0.15, 0.2) is 186 Å². The molecule has 0 unspecified atom stereocenters. The van der Waals surface area contributed by atoms with Gasteiger partial charge in [0.15, 0.2) is 14.3 Å². The first-order valence-corrected chi connectivity index (χ1v) is 21.4. The summed E-state index contributed by atoms with van der Waals surface area (Å²) in [5.41, 5.74) is 0. The molecule has 0 fully saturated rings. The maximum absolute atomic E-state index is 15.0. The molecule has 8 rings (SSSR count). The molecular formula is C38H26O2P2S4. The van der Waals surface area contributed by atoms with Crippen molar-refractivity contribution >= 4 is 93.2 Å². The van der Waals surface area contributed by atoms with E-state index in [2.05, 4.69) is 24.3 Å². The molecule has 0 atom stereocenters. The van der Waals surface area contributed by atoms with Crippen LogP contribution in [-0.2, 0) is 9.13 Å². The van der Waals surface area contributed by atoms with Gasteiger partial charge in [-0.2, -0.15) is 0 Å². The number of hydrogen-bond donors (Lipinski definition) is 0. The summed E-state index contributed by atoms with van der Waals surface area (Å²) in [6, 6.07) is 51.9. The van der Waals surface area contributed by atoms with E-state index in [9.17, 15) is 9.13 Å². The van der Waals surface area contributed by atoms with Crippen LogP contribution in [-0.4, -0.2) is 0 Å². The Labute approximate surface area is 286 Å². The van der Waals surface area contributed by atoms with E-state index in [1.807, 2.05) is 133 Å². The van der Waals surface area contributed by atoms with Gasteiger partial charge in [-0.25, -0.2) is 0 Å². The molecule has 2 aliphatic rings. The number of benzene rings is 6. The lowest BCUT2D eigenvalue weighted by molar-refractivity contribution is 0.591. The van der Waals surface area contributed by atoms with Gasteiger partial charge >= 0.3 is 0 Å². The zero-order chi connectivity index (χ0) is 31.1. The van der Waals surface area contributed by atoms with Gasteiger partial charge in [0, 0.05) is 51.4 Å². The number of hydrogen-bond acceptors (Lipinski definition) is 6. The fraction of sp³-hybridized carbons (Fsp3) is 0. The highest BCUT2D eigenvalue weighted by Crippen LogP contribution is 2.62. The van der Waals surface area contributed by atoms with Crippen molar-refractivity contribution in [1.82, 2.24) is 0 Å². The highest BCUT2D eigenvalue weighted by atomic mass is 32.2. The molecule has 0 saturated heterocycles. The van der Waals surface area contributed by atoms with Crippen molar-refractivity contribution in [3.05, 3.63) is 166 Å². The highest BCUT2D eigenvalue weighted by Gasteiger charge is 2.34. The fourth-order valence-electron chi connectivity index (χ4n) is 5.77. The zero-order valence-corrected chi connectivity index (χ0v) is 29.4. The van der Waals surface area contributed by atoms with E-state index in [1.165, 1.54) is 18.3 Å². The number of thioether (sulfide) groups is 4. The van der Waals surface area contributed by atoms with Gasteiger partial charge in [-0.05, 0) is 36.4 Å². The molecule has 0 radical (unpaired) electrons. The van der Waals surface area contributed by atoms with Crippen LogP contribution >= 0.6 is 61.3 Å². The summed E-state index contributed by atoms with van der Waals surface area (Å²) in [5.74, 6) is 0. The zero-order valence-electron chi connectivity index (χ0n) is 24.4. The van der Waals surface area contributed by atoms with Gasteiger partial charge < -0.3 is 9.13 Å². The molecule has 0 aliphatic carbocycles. The Morgan fingerprint density at radius 1 is 0.304 bits per heavy atom. The largest absolute Gasteiger partial charge is 0.309 e. The van der Waals surface area contributed by atoms with Gasteiger partial charge in [0.2, 0.25) is 0 Å². The molecule has 0 saturated carbocycles. The molecule has 0 aromatic heterocycles. The van der Waals surface area contributed by atoms with E-state index in [-0.39, 0.29) is 0 Å². The molecular weight excluding hydrogens is 679 g/mol. The van der Waals surface area contributed by atoms with Gasteiger partial charge in [-0.3, -0.25) is 0 Å². The summed E-state index contributed by atoms with van der Waals surface area (Å²) in [4.78, 5) is 4.62. The van der Waals surface area contributed by atoms with Gasteiger partial charge in [0.25, 0.3) is 0 Å². The summed E-state index contributed by atoms with van der Waals surface area (Å²) >= 11 is 7.06. The van der Waals surface area contributed by atoms with Gasteiger partial charge in [0.05, 0.1) is 8.47 Å². The van der Waals surface area contributed by atoms with Crippen molar-refractivity contribution in [1.29, 1.82) is 0 Å². The van der Waals surface area contributed by atoms with Crippen LogP contribution in [0.3, 0.4) is 0 Å². The van der Waals surface area contributed by atoms with Crippen LogP contribution in [0.2, 0.25) is 0 Å². The second kappa shape index (κ2) is 12.5. The minimum Gasteiger partial charge on any atom is -0.309 e. The molecule has 0 amide bonds. The van der Waals surface area contributed by atoms with Crippen LogP contribution in [0.1, 0.15) is 0 Å². The summed E-state index contributed by atoms with van der Waals surface area (Å²) in [5, 5.41) is 5.05. The maximum Gasteiger partial charge on any atom is 0.171 e. The van der Waals surface area contributed by atoms with Crippen molar-refractivity contribution in [2.45, 2.75) is 19.6 Å². The smallest absolute Gasteiger partial charge is 0.171 e. The molecule has 0 spiro atoms. The Bertz CT molecular complexity index is 1960. The van der Waals surface area contributed by atoms with E-state index in [0.717, 1.165) is 41.6 Å². The first-order chi connectivity index (χ1) is 22.5. The molecule has 0 bridgehead atoms. The molecule has 46 heavy (non-hydrogen) atoms. The Hall–Kier alpha value is -3.08.